The smallest absolute Gasteiger partial charge is 0.306 e. The maximum atomic E-state index is 12.9. The van der Waals surface area contributed by atoms with E-state index in [0.717, 1.165) is 15.9 Å². The van der Waals surface area contributed by atoms with E-state index in [0.29, 0.717) is 0 Å². The Balaban J connectivity index is 1.68. The molecule has 1 fully saturated rings. The van der Waals surface area contributed by atoms with E-state index in [1.165, 1.54) is 6.92 Å². The van der Waals surface area contributed by atoms with Crippen LogP contribution in [-0.4, -0.2) is 69.1 Å². The van der Waals surface area contributed by atoms with E-state index in [1.54, 1.807) is 6.08 Å². The lowest BCUT2D eigenvalue weighted by Gasteiger charge is -2.47. The van der Waals surface area contributed by atoms with E-state index in [4.69, 9.17) is 23.4 Å². The largest absolute Gasteiger partial charge is 0.454 e. The number of aliphatic hydroxyl groups is 1. The maximum absolute atomic E-state index is 12.9. The molecule has 5 atom stereocenters. The summed E-state index contributed by atoms with van der Waals surface area (Å²) in [5, 5.41) is 13.7. The van der Waals surface area contributed by atoms with Crippen molar-refractivity contribution in [2.24, 2.45) is 0 Å². The highest BCUT2D eigenvalue weighted by Gasteiger charge is 2.53. The van der Waals surface area contributed by atoms with Crippen LogP contribution >= 0.6 is 0 Å². The van der Waals surface area contributed by atoms with E-state index >= 15 is 0 Å². The molecule has 0 bridgehead atoms. The summed E-state index contributed by atoms with van der Waals surface area (Å²) in [6.45, 7) is 12.0. The molecule has 0 aromatic heterocycles. The van der Waals surface area contributed by atoms with Crippen molar-refractivity contribution in [1.29, 1.82) is 0 Å². The van der Waals surface area contributed by atoms with Crippen molar-refractivity contribution < 1.29 is 38.1 Å². The first-order valence-corrected chi connectivity index (χ1v) is 17.6. The third-order valence-electron chi connectivity index (χ3n) is 8.11. The summed E-state index contributed by atoms with van der Waals surface area (Å²) in [7, 11) is -2.97. The van der Waals surface area contributed by atoms with Gasteiger partial charge in [-0.1, -0.05) is 118 Å². The third-order valence-corrected chi connectivity index (χ3v) is 13.1. The summed E-state index contributed by atoms with van der Waals surface area (Å²) in [5.74, 6) is -0.743. The van der Waals surface area contributed by atoms with Gasteiger partial charge in [0.05, 0.1) is 26.2 Å². The number of hydrogen-bond donors (Lipinski definition) is 1. The van der Waals surface area contributed by atoms with Gasteiger partial charge in [-0.25, -0.2) is 0 Å². The Labute approximate surface area is 273 Å². The molecule has 0 amide bonds. The lowest BCUT2D eigenvalue weighted by Crippen LogP contribution is -2.68. The molecule has 1 aliphatic heterocycles. The Morgan fingerprint density at radius 2 is 1.43 bits per heavy atom. The summed E-state index contributed by atoms with van der Waals surface area (Å²) in [4.78, 5) is 24.4. The van der Waals surface area contributed by atoms with Gasteiger partial charge in [0.15, 0.2) is 12.4 Å². The Kier molecular flexibility index (Phi) is 12.6. The third kappa shape index (κ3) is 8.67. The van der Waals surface area contributed by atoms with Gasteiger partial charge in [-0.15, -0.1) is 6.58 Å². The van der Waals surface area contributed by atoms with Crippen LogP contribution in [0.1, 0.15) is 46.1 Å². The first-order valence-electron chi connectivity index (χ1n) is 15.7. The number of aliphatic hydroxyl groups excluding tert-OH is 1. The second-order valence-electron chi connectivity index (χ2n) is 12.5. The maximum Gasteiger partial charge on any atom is 0.306 e. The second kappa shape index (κ2) is 16.4. The zero-order valence-corrected chi connectivity index (χ0v) is 28.2. The van der Waals surface area contributed by atoms with E-state index in [9.17, 15) is 14.7 Å². The Hall–Kier alpha value is -3.44. The Morgan fingerprint density at radius 3 is 1.96 bits per heavy atom. The average molecular weight is 647 g/mol. The number of ether oxygens (including phenoxy) is 4. The molecule has 0 spiro atoms. The van der Waals surface area contributed by atoms with Crippen LogP contribution in [0.4, 0.5) is 0 Å². The van der Waals surface area contributed by atoms with Crippen molar-refractivity contribution in [3.8, 4) is 0 Å². The molecule has 1 aliphatic rings. The number of carbonyl (C=O) groups excluding carboxylic acids is 2. The standard InChI is InChI=1S/C37H46O8Si/c1-6-24-41-36-35(45-32(39)23-22-27(2)38)34(42-25-28-16-10-7-11-17-28)33(40)31(44-36)26-43-46(37(3,4)5,29-18-12-8-13-19-29)30-20-14-9-15-21-30/h6-21,31,33-36,40H,1,22-26H2,2-5H3/t31-,33-,34+,35+,36+/m1/s1. The molecular formula is C37H46O8Si. The summed E-state index contributed by atoms with van der Waals surface area (Å²) in [6, 6.07) is 29.9. The number of hydrogen-bond acceptors (Lipinski definition) is 8. The molecule has 3 aromatic rings. The predicted molar refractivity (Wildman–Crippen MR) is 179 cm³/mol. The molecule has 46 heavy (non-hydrogen) atoms. The number of rotatable bonds is 15. The first-order chi connectivity index (χ1) is 22.1. The highest BCUT2D eigenvalue weighted by molar-refractivity contribution is 6.99. The van der Waals surface area contributed by atoms with Crippen LogP contribution < -0.4 is 10.4 Å². The lowest BCUT2D eigenvalue weighted by molar-refractivity contribution is -0.309. The Morgan fingerprint density at radius 1 is 0.870 bits per heavy atom. The molecule has 1 N–H and O–H groups in total. The van der Waals surface area contributed by atoms with Gasteiger partial charge in [-0.3, -0.25) is 4.79 Å². The van der Waals surface area contributed by atoms with Crippen LogP contribution in [0, 0.1) is 0 Å². The summed E-state index contributed by atoms with van der Waals surface area (Å²) in [5.41, 5.74) is 0.881. The lowest BCUT2D eigenvalue weighted by atomic mass is 9.98. The molecule has 0 aliphatic carbocycles. The summed E-state index contributed by atoms with van der Waals surface area (Å²) >= 11 is 0. The van der Waals surface area contributed by atoms with Crippen molar-refractivity contribution >= 4 is 30.4 Å². The zero-order valence-electron chi connectivity index (χ0n) is 27.2. The topological polar surface area (TPSA) is 101 Å². The molecule has 0 radical (unpaired) electrons. The van der Waals surface area contributed by atoms with Crippen LogP contribution in [0.3, 0.4) is 0 Å². The SMILES string of the molecule is C=CCO[C@H]1O[C@H](CO[Si](c2ccccc2)(c2ccccc2)C(C)(C)C)[C@@H](O)[C@H](OCc2ccccc2)[C@@H]1OC(=O)CCC(C)=O. The van der Waals surface area contributed by atoms with Gasteiger partial charge in [-0.05, 0) is 27.9 Å². The van der Waals surface area contributed by atoms with Crippen molar-refractivity contribution in [3.63, 3.8) is 0 Å². The van der Waals surface area contributed by atoms with Crippen LogP contribution in [-0.2, 0) is 39.6 Å². The fourth-order valence-electron chi connectivity index (χ4n) is 5.87. The van der Waals surface area contributed by atoms with Gasteiger partial charge in [0, 0.05) is 6.42 Å². The molecule has 8 nitrogen and oxygen atoms in total. The predicted octanol–water partition coefficient (Wildman–Crippen LogP) is 4.72. The van der Waals surface area contributed by atoms with Gasteiger partial charge in [0.1, 0.15) is 24.1 Å². The molecule has 1 saturated heterocycles. The number of carbonyl (C=O) groups is 2. The molecule has 4 rings (SSSR count). The zero-order chi connectivity index (χ0) is 33.2. The van der Waals surface area contributed by atoms with E-state index in [1.807, 2.05) is 66.7 Å². The number of benzene rings is 3. The second-order valence-corrected chi connectivity index (χ2v) is 16.9. The van der Waals surface area contributed by atoms with Gasteiger partial charge < -0.3 is 33.3 Å². The molecule has 9 heteroatoms. The van der Waals surface area contributed by atoms with Crippen molar-refractivity contribution in [1.82, 2.24) is 0 Å². The van der Waals surface area contributed by atoms with Crippen LogP contribution in [0.25, 0.3) is 0 Å². The highest BCUT2D eigenvalue weighted by atomic mass is 28.4. The molecule has 0 unspecified atom stereocenters. The van der Waals surface area contributed by atoms with Gasteiger partial charge in [0.25, 0.3) is 8.32 Å². The van der Waals surface area contributed by atoms with Crippen molar-refractivity contribution in [3.05, 3.63) is 109 Å². The molecule has 246 valence electrons. The molecular weight excluding hydrogens is 600 g/mol. The first kappa shape index (κ1) is 35.4. The normalized spacial score (nSPS) is 21.8. The van der Waals surface area contributed by atoms with Crippen molar-refractivity contribution in [2.75, 3.05) is 13.2 Å². The molecule has 3 aromatic carbocycles. The highest BCUT2D eigenvalue weighted by Crippen LogP contribution is 2.38. The van der Waals surface area contributed by atoms with Crippen LogP contribution in [0.2, 0.25) is 5.04 Å². The van der Waals surface area contributed by atoms with Gasteiger partial charge in [0.2, 0.25) is 0 Å². The summed E-state index contributed by atoms with van der Waals surface area (Å²) < 4.78 is 31.6. The van der Waals surface area contributed by atoms with E-state index < -0.39 is 45.0 Å². The fraction of sp³-hybridized carbons (Fsp3) is 0.405. The number of ketones is 1. The van der Waals surface area contributed by atoms with Gasteiger partial charge in [-0.2, -0.15) is 0 Å². The van der Waals surface area contributed by atoms with Crippen molar-refractivity contribution in [2.45, 2.75) is 82.9 Å². The number of esters is 1. The minimum atomic E-state index is -2.97. The summed E-state index contributed by atoms with van der Waals surface area (Å²) in [6.07, 6.45) is -3.84. The Bertz CT molecular complexity index is 1350. The van der Waals surface area contributed by atoms with Gasteiger partial charge >= 0.3 is 5.97 Å². The van der Waals surface area contributed by atoms with Crippen LogP contribution in [0.5, 0.6) is 0 Å². The molecule has 1 heterocycles. The minimum absolute atomic E-state index is 0.0264. The monoisotopic (exact) mass is 646 g/mol. The van der Waals surface area contributed by atoms with E-state index in [2.05, 4.69) is 51.6 Å². The molecule has 0 saturated carbocycles. The minimum Gasteiger partial charge on any atom is -0.454 e. The van der Waals surface area contributed by atoms with Crippen LogP contribution in [0.15, 0.2) is 104 Å². The average Bonchev–Trinajstić information content (AvgIpc) is 3.05. The number of Topliss-reactive ketones (excluding diaryl/α,β-unsaturated/α-hetero) is 1. The quantitative estimate of drug-likeness (QED) is 0.144. The van der Waals surface area contributed by atoms with E-state index in [-0.39, 0.29) is 43.5 Å². The fourth-order valence-corrected chi connectivity index (χ4v) is 10.4.